The number of hydrogen-bond acceptors (Lipinski definition) is 2. The van der Waals surface area contributed by atoms with Gasteiger partial charge in [0.2, 0.25) is 0 Å². The average molecular weight is 294 g/mol. The molecule has 0 heterocycles. The maximum atomic E-state index is 13.6. The number of rotatable bonds is 3. The highest BCUT2D eigenvalue weighted by Gasteiger charge is 2.49. The molecule has 0 amide bonds. The molecule has 1 aromatic rings. The summed E-state index contributed by atoms with van der Waals surface area (Å²) in [4.78, 5) is 1.48. The Labute approximate surface area is 113 Å². The monoisotopic (exact) mass is 294 g/mol. The summed E-state index contributed by atoms with van der Waals surface area (Å²) in [6.07, 6.45) is -4.30. The number of halogens is 5. The first-order valence-corrected chi connectivity index (χ1v) is 6.21. The number of alkyl halides is 3. The summed E-state index contributed by atoms with van der Waals surface area (Å²) in [6.45, 7) is -0.263. The fraction of sp³-hybridized carbons (Fsp3) is 0.538. The van der Waals surface area contributed by atoms with E-state index in [9.17, 15) is 22.0 Å². The normalized spacial score (nSPS) is 22.6. The first kappa shape index (κ1) is 15.0. The van der Waals surface area contributed by atoms with Gasteiger partial charge in [0, 0.05) is 30.9 Å². The van der Waals surface area contributed by atoms with Crippen LogP contribution in [0.2, 0.25) is 0 Å². The van der Waals surface area contributed by atoms with Crippen LogP contribution in [-0.4, -0.2) is 19.3 Å². The van der Waals surface area contributed by atoms with Crippen LogP contribution < -0.4 is 10.6 Å². The van der Waals surface area contributed by atoms with Crippen LogP contribution in [0.15, 0.2) is 12.1 Å². The molecule has 0 radical (unpaired) electrons. The molecule has 20 heavy (non-hydrogen) atoms. The lowest BCUT2D eigenvalue weighted by Crippen LogP contribution is -2.47. The Morgan fingerprint density at radius 2 is 1.70 bits per heavy atom. The molecule has 0 atom stereocenters. The minimum Gasteiger partial charge on any atom is -0.371 e. The van der Waals surface area contributed by atoms with Crippen molar-refractivity contribution in [2.75, 3.05) is 11.9 Å². The van der Waals surface area contributed by atoms with E-state index >= 15 is 0 Å². The molecule has 1 aliphatic carbocycles. The molecule has 0 aromatic heterocycles. The van der Waals surface area contributed by atoms with Gasteiger partial charge in [-0.2, -0.15) is 13.2 Å². The van der Waals surface area contributed by atoms with E-state index < -0.39 is 23.7 Å². The maximum Gasteiger partial charge on any atom is 0.391 e. The molecular formula is C13H15F5N2. The van der Waals surface area contributed by atoms with Gasteiger partial charge in [0.1, 0.15) is 11.6 Å². The van der Waals surface area contributed by atoms with E-state index in [4.69, 9.17) is 5.73 Å². The molecule has 1 fully saturated rings. The molecule has 7 heteroatoms. The summed E-state index contributed by atoms with van der Waals surface area (Å²) in [7, 11) is 1.54. The smallest absolute Gasteiger partial charge is 0.371 e. The molecule has 1 aliphatic rings. The second-order valence-electron chi connectivity index (χ2n) is 5.07. The topological polar surface area (TPSA) is 29.3 Å². The van der Waals surface area contributed by atoms with E-state index in [-0.39, 0.29) is 36.7 Å². The summed E-state index contributed by atoms with van der Waals surface area (Å²) in [5, 5.41) is 0. The lowest BCUT2D eigenvalue weighted by molar-refractivity contribution is -0.196. The number of benzene rings is 1. The number of hydrogen-bond donors (Lipinski definition) is 1. The van der Waals surface area contributed by atoms with Gasteiger partial charge in [-0.3, -0.25) is 0 Å². The second-order valence-corrected chi connectivity index (χ2v) is 5.07. The standard InChI is InChI=1S/C13H15F5N2/c1-20(8-2-7(3-8)13(16,17)18)9-4-11(14)10(6-19)12(15)5-9/h4-5,7-8H,2-3,6,19H2,1H3. The van der Waals surface area contributed by atoms with Crippen molar-refractivity contribution in [1.29, 1.82) is 0 Å². The van der Waals surface area contributed by atoms with E-state index in [1.54, 1.807) is 0 Å². The van der Waals surface area contributed by atoms with Gasteiger partial charge in [0.15, 0.2) is 0 Å². The van der Waals surface area contributed by atoms with Gasteiger partial charge in [-0.15, -0.1) is 0 Å². The lowest BCUT2D eigenvalue weighted by atomic mass is 9.79. The van der Waals surface area contributed by atoms with Crippen LogP contribution >= 0.6 is 0 Å². The van der Waals surface area contributed by atoms with Crippen molar-refractivity contribution in [2.24, 2.45) is 11.7 Å². The minimum absolute atomic E-state index is 0.0537. The summed E-state index contributed by atoms with van der Waals surface area (Å²) in [6, 6.07) is 1.85. The number of nitrogens with two attached hydrogens (primary N) is 1. The molecule has 2 nitrogen and oxygen atoms in total. The van der Waals surface area contributed by atoms with Crippen LogP contribution in [-0.2, 0) is 6.54 Å². The maximum absolute atomic E-state index is 13.6. The molecule has 0 aliphatic heterocycles. The zero-order valence-corrected chi connectivity index (χ0v) is 10.8. The van der Waals surface area contributed by atoms with E-state index in [2.05, 4.69) is 0 Å². The predicted molar refractivity (Wildman–Crippen MR) is 65.2 cm³/mol. The third-order valence-electron chi connectivity index (χ3n) is 3.86. The van der Waals surface area contributed by atoms with Crippen molar-refractivity contribution in [1.82, 2.24) is 0 Å². The minimum atomic E-state index is -4.20. The molecule has 0 unspecified atom stereocenters. The highest BCUT2D eigenvalue weighted by Crippen LogP contribution is 2.43. The summed E-state index contributed by atoms with van der Waals surface area (Å²) in [5.41, 5.74) is 5.23. The Balaban J connectivity index is 2.10. The quantitative estimate of drug-likeness (QED) is 0.867. The second kappa shape index (κ2) is 5.20. The van der Waals surface area contributed by atoms with Crippen molar-refractivity contribution >= 4 is 5.69 Å². The highest BCUT2D eigenvalue weighted by atomic mass is 19.4. The van der Waals surface area contributed by atoms with Crippen molar-refractivity contribution in [3.05, 3.63) is 29.3 Å². The molecule has 2 rings (SSSR count). The number of nitrogens with zero attached hydrogens (tertiary/aromatic N) is 1. The zero-order valence-electron chi connectivity index (χ0n) is 10.8. The van der Waals surface area contributed by atoms with Crippen LogP contribution in [0.3, 0.4) is 0 Å². The van der Waals surface area contributed by atoms with Gasteiger partial charge in [-0.1, -0.05) is 0 Å². The molecule has 1 saturated carbocycles. The van der Waals surface area contributed by atoms with Crippen LogP contribution in [0, 0.1) is 17.6 Å². The van der Waals surface area contributed by atoms with Crippen LogP contribution in [0.5, 0.6) is 0 Å². The fourth-order valence-corrected chi connectivity index (χ4v) is 2.37. The Morgan fingerprint density at radius 1 is 1.20 bits per heavy atom. The summed E-state index contributed by atoms with van der Waals surface area (Å²) in [5.74, 6) is -2.88. The first-order chi connectivity index (χ1) is 9.24. The van der Waals surface area contributed by atoms with E-state index in [0.717, 1.165) is 12.1 Å². The third-order valence-corrected chi connectivity index (χ3v) is 3.86. The molecule has 112 valence electrons. The summed E-state index contributed by atoms with van der Waals surface area (Å²) >= 11 is 0. The Bertz CT molecular complexity index is 471. The molecule has 2 N–H and O–H groups in total. The average Bonchev–Trinajstić information content (AvgIpc) is 2.24. The van der Waals surface area contributed by atoms with Gasteiger partial charge in [-0.25, -0.2) is 8.78 Å². The van der Waals surface area contributed by atoms with Crippen molar-refractivity contribution in [3.8, 4) is 0 Å². The van der Waals surface area contributed by atoms with Gasteiger partial charge < -0.3 is 10.6 Å². The van der Waals surface area contributed by atoms with E-state index in [1.807, 2.05) is 0 Å². The first-order valence-electron chi connectivity index (χ1n) is 6.21. The van der Waals surface area contributed by atoms with Crippen molar-refractivity contribution < 1.29 is 22.0 Å². The van der Waals surface area contributed by atoms with E-state index in [0.29, 0.717) is 0 Å². The Morgan fingerprint density at radius 3 is 2.10 bits per heavy atom. The zero-order chi connectivity index (χ0) is 15.1. The van der Waals surface area contributed by atoms with Gasteiger partial charge in [0.25, 0.3) is 0 Å². The van der Waals surface area contributed by atoms with Gasteiger partial charge >= 0.3 is 6.18 Å². The van der Waals surface area contributed by atoms with Crippen LogP contribution in [0.4, 0.5) is 27.6 Å². The molecule has 0 bridgehead atoms. The molecule has 1 aromatic carbocycles. The number of anilines is 1. The summed E-state index contributed by atoms with van der Waals surface area (Å²) < 4.78 is 64.4. The Hall–Kier alpha value is -1.37. The largest absolute Gasteiger partial charge is 0.391 e. The van der Waals surface area contributed by atoms with Gasteiger partial charge in [-0.05, 0) is 25.0 Å². The lowest BCUT2D eigenvalue weighted by Gasteiger charge is -2.43. The predicted octanol–water partition coefficient (Wildman–Crippen LogP) is 3.20. The molecule has 0 spiro atoms. The van der Waals surface area contributed by atoms with Gasteiger partial charge in [0.05, 0.1) is 5.92 Å². The van der Waals surface area contributed by atoms with Crippen molar-refractivity contribution in [2.45, 2.75) is 31.6 Å². The van der Waals surface area contributed by atoms with Crippen LogP contribution in [0.25, 0.3) is 0 Å². The fourth-order valence-electron chi connectivity index (χ4n) is 2.37. The van der Waals surface area contributed by atoms with E-state index in [1.165, 1.54) is 11.9 Å². The van der Waals surface area contributed by atoms with Crippen LogP contribution in [0.1, 0.15) is 18.4 Å². The molecular weight excluding hydrogens is 279 g/mol. The SMILES string of the molecule is CN(c1cc(F)c(CN)c(F)c1)C1CC(C(F)(F)F)C1. The molecule has 0 saturated heterocycles. The van der Waals surface area contributed by atoms with Crippen molar-refractivity contribution in [3.63, 3.8) is 0 Å². The Kier molecular flexibility index (Phi) is 3.90. The highest BCUT2D eigenvalue weighted by molar-refractivity contribution is 5.49. The third kappa shape index (κ3) is 2.72.